The Labute approximate surface area is 347 Å². The molecule has 2 N–H and O–H groups in total. The molecule has 0 aromatic heterocycles. The number of Topliss-reactive ketones (excluding diaryl/α,β-unsaturated/α-hetero) is 2. The molecule has 1 rings (SSSR count). The minimum atomic E-state index is -1.89. The number of carbonyl (C=O) groups excluding carboxylic acids is 4. The predicted octanol–water partition coefficient (Wildman–Crippen LogP) is 12.7. The maximum atomic E-state index is 14.0. The number of rotatable bonds is 32. The van der Waals surface area contributed by atoms with Crippen LogP contribution in [0.25, 0.3) is 0 Å². The molecule has 8 nitrogen and oxygen atoms in total. The summed E-state index contributed by atoms with van der Waals surface area (Å²) in [5.41, 5.74) is 0.868. The van der Waals surface area contributed by atoms with Crippen molar-refractivity contribution in [2.24, 2.45) is 0 Å². The summed E-state index contributed by atoms with van der Waals surface area (Å²) in [7, 11) is -7.15. The van der Waals surface area contributed by atoms with E-state index in [9.17, 15) is 19.2 Å². The fourth-order valence-corrected chi connectivity index (χ4v) is 23.7. The van der Waals surface area contributed by atoms with E-state index in [0.717, 1.165) is 76.3 Å². The lowest BCUT2D eigenvalue weighted by atomic mass is 9.90. The zero-order valence-electron chi connectivity index (χ0n) is 38.2. The highest BCUT2D eigenvalue weighted by atomic mass is 28.4. The number of nitrogens with one attached hydrogen (secondary N) is 2. The van der Waals surface area contributed by atoms with Crippen LogP contribution in [0.1, 0.15) is 171 Å². The molecule has 0 atom stereocenters. The van der Waals surface area contributed by atoms with Gasteiger partial charge in [-0.05, 0) is 115 Å². The van der Waals surface area contributed by atoms with E-state index in [-0.39, 0.29) is 45.6 Å². The zero-order valence-corrected chi connectivity index (χ0v) is 42.2. The van der Waals surface area contributed by atoms with Crippen molar-refractivity contribution in [3.63, 3.8) is 0 Å². The molecule has 0 fully saturated rings. The van der Waals surface area contributed by atoms with Crippen LogP contribution in [0, 0.1) is 0 Å². The molecule has 322 valence electrons. The van der Waals surface area contributed by atoms with Crippen molar-refractivity contribution >= 4 is 56.7 Å². The van der Waals surface area contributed by atoms with Gasteiger partial charge in [-0.25, -0.2) is 0 Å². The molecule has 0 unspecified atom stereocenters. The van der Waals surface area contributed by atoms with Gasteiger partial charge in [0.2, 0.25) is 0 Å². The normalized spacial score (nSPS) is 12.5. The van der Waals surface area contributed by atoms with Gasteiger partial charge in [0, 0.05) is 37.1 Å². The smallest absolute Gasteiger partial charge is 0.252 e. The first-order chi connectivity index (χ1) is 26.1. The topological polar surface area (TPSA) is 111 Å². The molecule has 0 spiro atoms. The maximum Gasteiger partial charge on any atom is 0.252 e. The van der Waals surface area contributed by atoms with Crippen molar-refractivity contribution in [2.45, 2.75) is 207 Å². The van der Waals surface area contributed by atoms with Gasteiger partial charge in [0.1, 0.15) is 0 Å². The summed E-state index contributed by atoms with van der Waals surface area (Å²) in [5, 5.41) is 6.11. The van der Waals surface area contributed by atoms with E-state index in [1.807, 2.05) is 0 Å². The minimum Gasteiger partial charge on any atom is -0.456 e. The number of benzene rings is 1. The largest absolute Gasteiger partial charge is 0.456 e. The summed E-state index contributed by atoms with van der Waals surface area (Å²) >= 11 is 0. The lowest BCUT2D eigenvalue weighted by molar-refractivity contribution is 0.0920. The van der Waals surface area contributed by atoms with Gasteiger partial charge < -0.3 is 18.9 Å². The average Bonchev–Trinajstić information content (AvgIpc) is 3.08. The molecule has 0 heterocycles. The predicted molar refractivity (Wildman–Crippen MR) is 248 cm³/mol. The van der Waals surface area contributed by atoms with Crippen LogP contribution >= 0.6 is 0 Å². The molecule has 2 amide bonds. The number of carbonyl (C=O) groups is 4. The van der Waals surface area contributed by atoms with E-state index in [2.05, 4.69) is 90.0 Å². The van der Waals surface area contributed by atoms with Gasteiger partial charge in [-0.3, -0.25) is 19.2 Å². The molecule has 0 radical (unpaired) electrons. The number of hydrogen-bond donors (Lipinski definition) is 2. The molecule has 0 aliphatic rings. The zero-order chi connectivity index (χ0) is 42.4. The Bertz CT molecular complexity index is 1260. The molecule has 1 aromatic carbocycles. The highest BCUT2D eigenvalue weighted by Gasteiger charge is 2.31. The first-order valence-corrected chi connectivity index (χ1v) is 35.4. The Balaban J connectivity index is 3.40. The van der Waals surface area contributed by atoms with E-state index in [0.29, 0.717) is 25.9 Å². The van der Waals surface area contributed by atoms with Gasteiger partial charge in [0.15, 0.2) is 44.8 Å². The Morgan fingerprint density at radius 3 is 1.07 bits per heavy atom. The molecule has 0 aliphatic heterocycles. The standard InChI is InChI=1S/C44H84N2O6Si4/c1-13-15-17-19-21-23-25-29-41(47)37-35-38(42(48)30-26-24-22-20-18-16-14-2)40(44(50)46-32-28-34-56(11,12)52-54(6,7)8)36-39(37)43(49)45-31-27-33-55(9,10)51-53(3,4)5/h35-36H,13-34H2,1-12H3,(H,45,49)(H,46,50). The van der Waals surface area contributed by atoms with Crippen molar-refractivity contribution in [1.29, 1.82) is 0 Å². The first kappa shape index (κ1) is 52.3. The van der Waals surface area contributed by atoms with Gasteiger partial charge in [-0.2, -0.15) is 0 Å². The third-order valence-corrected chi connectivity index (χ3v) is 22.3. The van der Waals surface area contributed by atoms with E-state index in [1.54, 1.807) is 6.07 Å². The van der Waals surface area contributed by atoms with Crippen LogP contribution in [0.15, 0.2) is 12.1 Å². The van der Waals surface area contributed by atoms with Gasteiger partial charge >= 0.3 is 0 Å². The van der Waals surface area contributed by atoms with Gasteiger partial charge in [-0.1, -0.05) is 90.9 Å². The van der Waals surface area contributed by atoms with Crippen LogP contribution in [0.4, 0.5) is 0 Å². The molecular formula is C44H84N2O6Si4. The Hall–Kier alpha value is -1.71. The van der Waals surface area contributed by atoms with Crippen molar-refractivity contribution in [3.8, 4) is 0 Å². The molecule has 0 saturated heterocycles. The first-order valence-electron chi connectivity index (χ1n) is 22.3. The molecule has 1 aromatic rings. The summed E-state index contributed by atoms with van der Waals surface area (Å²) < 4.78 is 13.0. The molecular weight excluding hydrogens is 765 g/mol. The molecule has 12 heteroatoms. The Morgan fingerprint density at radius 1 is 0.446 bits per heavy atom. The number of amides is 2. The van der Waals surface area contributed by atoms with Crippen LogP contribution in [-0.2, 0) is 8.23 Å². The van der Waals surface area contributed by atoms with Gasteiger partial charge in [-0.15, -0.1) is 0 Å². The van der Waals surface area contributed by atoms with Crippen molar-refractivity contribution in [1.82, 2.24) is 10.6 Å². The highest BCUT2D eigenvalue weighted by Crippen LogP contribution is 2.25. The summed E-state index contributed by atoms with van der Waals surface area (Å²) in [6.45, 7) is 27.4. The minimum absolute atomic E-state index is 0.146. The van der Waals surface area contributed by atoms with Crippen LogP contribution < -0.4 is 10.6 Å². The quantitative estimate of drug-likeness (QED) is 0.0424. The van der Waals surface area contributed by atoms with E-state index >= 15 is 0 Å². The third-order valence-electron chi connectivity index (χ3n) is 9.91. The number of ketones is 2. The van der Waals surface area contributed by atoms with E-state index < -0.39 is 33.3 Å². The van der Waals surface area contributed by atoms with Gasteiger partial charge in [0.25, 0.3) is 11.8 Å². The second-order valence-electron chi connectivity index (χ2n) is 19.2. The SMILES string of the molecule is CCCCCCCCCC(=O)c1cc(C(=O)CCCCCCCCC)c(C(=O)NCCC[Si](C)(C)O[Si](C)(C)C)cc1C(=O)NCCC[Si](C)(C)O[Si](C)(C)C. The van der Waals surface area contributed by atoms with Crippen molar-refractivity contribution < 1.29 is 27.4 Å². The third kappa shape index (κ3) is 23.6. The van der Waals surface area contributed by atoms with Crippen molar-refractivity contribution in [3.05, 3.63) is 34.4 Å². The average molecular weight is 850 g/mol. The second kappa shape index (κ2) is 26.4. The molecule has 0 aliphatic carbocycles. The molecule has 0 saturated carbocycles. The summed E-state index contributed by atoms with van der Waals surface area (Å²) in [6, 6.07) is 4.92. The summed E-state index contributed by atoms with van der Waals surface area (Å²) in [5.74, 6) is -1.05. The molecule has 0 bridgehead atoms. The fourth-order valence-electron chi connectivity index (χ4n) is 7.57. The summed E-state index contributed by atoms with van der Waals surface area (Å²) in [4.78, 5) is 55.8. The van der Waals surface area contributed by atoms with E-state index in [4.69, 9.17) is 8.23 Å². The van der Waals surface area contributed by atoms with Crippen molar-refractivity contribution in [2.75, 3.05) is 13.1 Å². The van der Waals surface area contributed by atoms with Crippen LogP contribution in [0.3, 0.4) is 0 Å². The van der Waals surface area contributed by atoms with Gasteiger partial charge in [0.05, 0.1) is 11.1 Å². The lowest BCUT2D eigenvalue weighted by Crippen LogP contribution is -2.42. The summed E-state index contributed by atoms with van der Waals surface area (Å²) in [6.07, 6.45) is 17.2. The molecule has 56 heavy (non-hydrogen) atoms. The lowest BCUT2D eigenvalue weighted by Gasteiger charge is -2.31. The monoisotopic (exact) mass is 849 g/mol. The fraction of sp³-hybridized carbons (Fsp3) is 0.773. The van der Waals surface area contributed by atoms with Crippen LogP contribution in [0.5, 0.6) is 0 Å². The highest BCUT2D eigenvalue weighted by molar-refractivity contribution is 6.84. The Morgan fingerprint density at radius 2 is 0.750 bits per heavy atom. The van der Waals surface area contributed by atoms with Crippen LogP contribution in [-0.4, -0.2) is 69.7 Å². The Kier molecular flexibility index (Phi) is 24.7. The number of unbranched alkanes of at least 4 members (excludes halogenated alkanes) is 12. The van der Waals surface area contributed by atoms with Crippen LogP contribution in [0.2, 0.25) is 77.6 Å². The second-order valence-corrected chi connectivity index (χ2v) is 37.3. The maximum absolute atomic E-state index is 14.0. The van der Waals surface area contributed by atoms with E-state index in [1.165, 1.54) is 44.6 Å². The number of hydrogen-bond acceptors (Lipinski definition) is 6.